The van der Waals surface area contributed by atoms with Crippen LogP contribution >= 0.6 is 11.6 Å². The van der Waals surface area contributed by atoms with Crippen LogP contribution in [0, 0.1) is 0 Å². The Morgan fingerprint density at radius 1 is 0.909 bits per heavy atom. The first-order chi connectivity index (χ1) is 9.79. The number of rotatable bonds is 4. The smallest absolute Gasteiger partial charge is 0.497 e. The second kappa shape index (κ2) is 7.73. The zero-order chi connectivity index (χ0) is 15.7. The zero-order valence-corrected chi connectivity index (χ0v) is 16.5. The van der Waals surface area contributed by atoms with Gasteiger partial charge >= 0.3 is 58.4 Å². The van der Waals surface area contributed by atoms with E-state index in [9.17, 15) is 12.9 Å². The van der Waals surface area contributed by atoms with Gasteiger partial charge in [-0.05, 0) is 29.6 Å². The molecule has 0 aromatic heterocycles. The van der Waals surface area contributed by atoms with Gasteiger partial charge in [-0.25, -0.2) is 0 Å². The third-order valence-corrected chi connectivity index (χ3v) is 4.04. The van der Waals surface area contributed by atoms with Gasteiger partial charge in [0.2, 0.25) is 0 Å². The van der Waals surface area contributed by atoms with Crippen molar-refractivity contribution in [2.45, 2.75) is 12.2 Å². The molecule has 7 heteroatoms. The summed E-state index contributed by atoms with van der Waals surface area (Å²) in [5.41, 5.74) is 0.350. The molecule has 0 N–H and O–H groups in total. The molecule has 1 nitrogen and oxygen atoms in total. The largest absolute Gasteiger partial charge is 1.00 e. The van der Waals surface area contributed by atoms with E-state index in [1.54, 1.807) is 0 Å². The number of hydrogen-bond acceptors (Lipinski definition) is 1. The Bertz CT molecular complexity index is 616. The molecular formula is C15H14BClF3KO. The summed E-state index contributed by atoms with van der Waals surface area (Å²) in [4.78, 5) is 0. The predicted molar refractivity (Wildman–Crippen MR) is 80.0 cm³/mol. The molecular weight excluding hydrogens is 339 g/mol. The average Bonchev–Trinajstić information content (AvgIpc) is 2.46. The standard InChI is InChI=1S/C15H14BClF3O.K/c1-15(16(18,19)20,11-3-7-13(17)8-4-11)12-5-9-14(21-2)10-6-12;/h3-10H,1-2H3;/q-1;+1/t15-;/m1./s1. The maximum absolute atomic E-state index is 13.8. The van der Waals surface area contributed by atoms with Crippen LogP contribution in [0.5, 0.6) is 5.75 Å². The Morgan fingerprint density at radius 3 is 1.68 bits per heavy atom. The van der Waals surface area contributed by atoms with Crippen LogP contribution in [0.25, 0.3) is 0 Å². The average molecular weight is 353 g/mol. The van der Waals surface area contributed by atoms with Crippen LogP contribution in [0.4, 0.5) is 12.9 Å². The molecule has 22 heavy (non-hydrogen) atoms. The van der Waals surface area contributed by atoms with Gasteiger partial charge < -0.3 is 17.7 Å². The van der Waals surface area contributed by atoms with E-state index in [2.05, 4.69) is 0 Å². The normalized spacial score (nSPS) is 13.9. The number of benzene rings is 2. The maximum atomic E-state index is 13.8. The van der Waals surface area contributed by atoms with E-state index in [0.717, 1.165) is 0 Å². The van der Waals surface area contributed by atoms with Crippen LogP contribution in [-0.4, -0.2) is 14.1 Å². The van der Waals surface area contributed by atoms with Gasteiger partial charge in [0.1, 0.15) is 5.75 Å². The fourth-order valence-corrected chi connectivity index (χ4v) is 2.40. The van der Waals surface area contributed by atoms with E-state index < -0.39 is 12.3 Å². The molecule has 0 heterocycles. The molecule has 0 fully saturated rings. The summed E-state index contributed by atoms with van der Waals surface area (Å²) in [6.45, 7) is -3.96. The molecule has 112 valence electrons. The van der Waals surface area contributed by atoms with Crippen molar-refractivity contribution in [1.29, 1.82) is 0 Å². The van der Waals surface area contributed by atoms with Crippen LogP contribution in [0.1, 0.15) is 18.1 Å². The number of methoxy groups -OCH3 is 1. The molecule has 0 aliphatic heterocycles. The van der Waals surface area contributed by atoms with Gasteiger partial charge in [-0.3, -0.25) is 0 Å². The summed E-state index contributed by atoms with van der Waals surface area (Å²) in [6, 6.07) is 11.7. The predicted octanol–water partition coefficient (Wildman–Crippen LogP) is 2.05. The van der Waals surface area contributed by atoms with E-state index in [1.807, 2.05) is 0 Å². The van der Waals surface area contributed by atoms with Crippen LogP contribution < -0.4 is 56.1 Å². The van der Waals surface area contributed by atoms with Crippen molar-refractivity contribution in [2.24, 2.45) is 0 Å². The molecule has 0 saturated heterocycles. The second-order valence-electron chi connectivity index (χ2n) is 5.01. The van der Waals surface area contributed by atoms with E-state index in [1.165, 1.54) is 62.6 Å². The first-order valence-corrected chi connectivity index (χ1v) is 6.77. The van der Waals surface area contributed by atoms with Crippen molar-refractivity contribution in [3.63, 3.8) is 0 Å². The monoisotopic (exact) mass is 352 g/mol. The fourth-order valence-electron chi connectivity index (χ4n) is 2.28. The van der Waals surface area contributed by atoms with E-state index >= 15 is 0 Å². The molecule has 0 unspecified atom stereocenters. The maximum Gasteiger partial charge on any atom is 1.00 e. The quantitative estimate of drug-likeness (QED) is 0.765. The summed E-state index contributed by atoms with van der Waals surface area (Å²) >= 11 is 5.77. The van der Waals surface area contributed by atoms with Gasteiger partial charge in [0.15, 0.2) is 0 Å². The van der Waals surface area contributed by atoms with Gasteiger partial charge in [0, 0.05) is 5.02 Å². The third kappa shape index (κ3) is 3.91. The van der Waals surface area contributed by atoms with Crippen molar-refractivity contribution in [1.82, 2.24) is 0 Å². The summed E-state index contributed by atoms with van der Waals surface area (Å²) in [5.74, 6) is 0.520. The van der Waals surface area contributed by atoms with Gasteiger partial charge in [-0.2, -0.15) is 0 Å². The van der Waals surface area contributed by atoms with Crippen molar-refractivity contribution in [3.8, 4) is 5.75 Å². The van der Waals surface area contributed by atoms with E-state index in [0.29, 0.717) is 10.8 Å². The summed E-state index contributed by atoms with van der Waals surface area (Å²) < 4.78 is 46.3. The Morgan fingerprint density at radius 2 is 1.32 bits per heavy atom. The topological polar surface area (TPSA) is 9.23 Å². The second-order valence-corrected chi connectivity index (χ2v) is 5.45. The number of halogens is 4. The molecule has 0 aliphatic rings. The molecule has 1 atom stereocenters. The first kappa shape index (κ1) is 20.1. The van der Waals surface area contributed by atoms with Gasteiger partial charge in [-0.1, -0.05) is 53.9 Å². The Labute approximate surface area is 175 Å². The third-order valence-electron chi connectivity index (χ3n) is 3.79. The summed E-state index contributed by atoms with van der Waals surface area (Å²) in [5, 5.41) is -1.64. The Balaban J connectivity index is 0.00000242. The molecule has 2 rings (SSSR count). The Kier molecular flexibility index (Phi) is 7.05. The molecule has 0 spiro atoms. The number of hydrogen-bond donors (Lipinski definition) is 0. The summed E-state index contributed by atoms with van der Waals surface area (Å²) in [7, 11) is 1.47. The fraction of sp³-hybridized carbons (Fsp3) is 0.200. The van der Waals surface area contributed by atoms with Crippen molar-refractivity contribution >= 4 is 18.6 Å². The van der Waals surface area contributed by atoms with Crippen molar-refractivity contribution in [3.05, 3.63) is 64.7 Å². The minimum absolute atomic E-state index is 0. The zero-order valence-electron chi connectivity index (χ0n) is 12.6. The SMILES string of the molecule is COc1ccc([C@@](C)(c2ccc(Cl)cc2)[B-](F)(F)F)cc1.[K+]. The number of ether oxygens (including phenoxy) is 1. The minimum Gasteiger partial charge on any atom is -0.497 e. The molecule has 0 amide bonds. The van der Waals surface area contributed by atoms with Crippen LogP contribution in [0.15, 0.2) is 48.5 Å². The van der Waals surface area contributed by atoms with Crippen molar-refractivity contribution < 1.29 is 69.1 Å². The van der Waals surface area contributed by atoms with Crippen LogP contribution in [0.2, 0.25) is 5.02 Å². The molecule has 2 aromatic rings. The van der Waals surface area contributed by atoms with Crippen LogP contribution in [0.3, 0.4) is 0 Å². The molecule has 0 aliphatic carbocycles. The van der Waals surface area contributed by atoms with Crippen LogP contribution in [-0.2, 0) is 5.31 Å². The van der Waals surface area contributed by atoms with E-state index in [4.69, 9.17) is 16.3 Å². The van der Waals surface area contributed by atoms with Crippen molar-refractivity contribution in [2.75, 3.05) is 7.11 Å². The molecule has 0 saturated carbocycles. The van der Waals surface area contributed by atoms with E-state index in [-0.39, 0.29) is 62.5 Å². The molecule has 0 radical (unpaired) electrons. The van der Waals surface area contributed by atoms with Gasteiger partial charge in [0.05, 0.1) is 7.11 Å². The Hall–Kier alpha value is 0.0213. The van der Waals surface area contributed by atoms with Gasteiger partial charge in [0.25, 0.3) is 0 Å². The molecule has 2 aromatic carbocycles. The summed E-state index contributed by atoms with van der Waals surface area (Å²) in [6.07, 6.45) is 0. The first-order valence-electron chi connectivity index (χ1n) is 6.39. The molecule has 0 bridgehead atoms. The minimum atomic E-state index is -5.15. The van der Waals surface area contributed by atoms with Gasteiger partial charge in [-0.15, -0.1) is 0 Å².